The van der Waals surface area contributed by atoms with E-state index in [-0.39, 0.29) is 28.0 Å². The number of halogens is 1. The number of nitrogens with zero attached hydrogens (tertiary/aromatic N) is 1. The van der Waals surface area contributed by atoms with Gasteiger partial charge in [0.1, 0.15) is 23.0 Å². The van der Waals surface area contributed by atoms with Crippen LogP contribution in [0.15, 0.2) is 70.9 Å². The first kappa shape index (κ1) is 28.0. The zero-order chi connectivity index (χ0) is 30.6. The van der Waals surface area contributed by atoms with Gasteiger partial charge >= 0.3 is 0 Å². The molecule has 0 N–H and O–H groups in total. The van der Waals surface area contributed by atoms with Gasteiger partial charge in [-0.1, -0.05) is 39.3 Å². The third kappa shape index (κ3) is 4.27. The summed E-state index contributed by atoms with van der Waals surface area (Å²) >= 11 is 6.29. The van der Waals surface area contributed by atoms with Crippen molar-refractivity contribution < 1.29 is 19.1 Å². The Morgan fingerprint density at radius 3 is 2.23 bits per heavy atom. The Balaban J connectivity index is 1.32. The molecule has 2 aromatic rings. The summed E-state index contributed by atoms with van der Waals surface area (Å²) in [5, 5.41) is 0.470. The second-order valence-electron chi connectivity index (χ2n) is 13.8. The van der Waals surface area contributed by atoms with Crippen LogP contribution in [-0.4, -0.2) is 24.7 Å². The van der Waals surface area contributed by atoms with E-state index in [9.17, 15) is 9.59 Å². The number of hydrogen-bond donors (Lipinski definition) is 0. The third-order valence-electron chi connectivity index (χ3n) is 9.74. The van der Waals surface area contributed by atoms with Crippen molar-refractivity contribution in [2.45, 2.75) is 72.1 Å². The van der Waals surface area contributed by atoms with Gasteiger partial charge in [-0.15, -0.1) is 0 Å². The molecule has 0 aromatic heterocycles. The van der Waals surface area contributed by atoms with E-state index in [1.165, 1.54) is 16.8 Å². The van der Waals surface area contributed by atoms with Gasteiger partial charge in [0.25, 0.3) is 0 Å². The second-order valence-corrected chi connectivity index (χ2v) is 14.2. The zero-order valence-electron chi connectivity index (χ0n) is 25.8. The van der Waals surface area contributed by atoms with Crippen LogP contribution in [0.1, 0.15) is 97.4 Å². The minimum absolute atomic E-state index is 0.0426. The average molecular weight is 594 g/mol. The van der Waals surface area contributed by atoms with Crippen LogP contribution < -0.4 is 9.64 Å². The van der Waals surface area contributed by atoms with E-state index >= 15 is 0 Å². The van der Waals surface area contributed by atoms with E-state index in [0.29, 0.717) is 39.0 Å². The van der Waals surface area contributed by atoms with Gasteiger partial charge in [0.05, 0.1) is 5.57 Å². The maximum atomic E-state index is 13.4. The highest BCUT2D eigenvalue weighted by Gasteiger charge is 2.43. The van der Waals surface area contributed by atoms with Crippen LogP contribution in [-0.2, 0) is 15.6 Å². The molecule has 0 unspecified atom stereocenters. The van der Waals surface area contributed by atoms with Crippen LogP contribution in [0.25, 0.3) is 5.57 Å². The number of benzene rings is 2. The van der Waals surface area contributed by atoms with Gasteiger partial charge in [0, 0.05) is 52.1 Å². The largest absolute Gasteiger partial charge is 0.462 e. The Hall–Kier alpha value is -3.83. The molecule has 4 aliphatic heterocycles. The quantitative estimate of drug-likeness (QED) is 0.244. The fourth-order valence-corrected chi connectivity index (χ4v) is 7.33. The summed E-state index contributed by atoms with van der Waals surface area (Å²) < 4.78 is 12.8. The molecule has 5 aliphatic rings. The molecule has 0 fully saturated rings. The lowest BCUT2D eigenvalue weighted by atomic mass is 9.68. The highest BCUT2D eigenvalue weighted by atomic mass is 35.5. The fraction of sp³-hybridized carbons (Fsp3) is 0.351. The summed E-state index contributed by atoms with van der Waals surface area (Å²) in [5.41, 5.74) is 8.51. The number of aryl methyl sites for hydroxylation is 1. The molecule has 0 saturated heterocycles. The fourth-order valence-electron chi connectivity index (χ4n) is 7.17. The molecule has 7 rings (SSSR count). The average Bonchev–Trinajstić information content (AvgIpc) is 3.15. The van der Waals surface area contributed by atoms with Gasteiger partial charge in [0.15, 0.2) is 11.6 Å². The Kier molecular flexibility index (Phi) is 6.07. The van der Waals surface area contributed by atoms with E-state index in [1.807, 2.05) is 26.0 Å². The minimum Gasteiger partial charge on any atom is -0.462 e. The lowest BCUT2D eigenvalue weighted by Crippen LogP contribution is -2.45. The number of hydrogen-bond acceptors (Lipinski definition) is 5. The summed E-state index contributed by atoms with van der Waals surface area (Å²) in [7, 11) is 0. The van der Waals surface area contributed by atoms with Gasteiger partial charge in [-0.25, -0.2) is 0 Å². The SMILES string of the molecule is CC1=C/C(=C2\C(=O)c3cc(C)c(Cl)cc3C2=O)C=C(C=C2C=C(C)c3cc4c5c(c3O2)C(C)(C)CCN5CCC4(C)C)O1. The maximum absolute atomic E-state index is 13.4. The molecule has 0 spiro atoms. The monoisotopic (exact) mass is 593 g/mol. The van der Waals surface area contributed by atoms with E-state index < -0.39 is 0 Å². The molecular formula is C37H36ClNO4. The first-order chi connectivity index (χ1) is 20.2. The van der Waals surface area contributed by atoms with Gasteiger partial charge in [-0.2, -0.15) is 0 Å². The lowest BCUT2D eigenvalue weighted by molar-refractivity contribution is 0.0987. The summed E-state index contributed by atoms with van der Waals surface area (Å²) in [4.78, 5) is 29.3. The third-order valence-corrected chi connectivity index (χ3v) is 10.1. The number of ketones is 2. The van der Waals surface area contributed by atoms with E-state index in [1.54, 1.807) is 24.3 Å². The number of anilines is 1. The van der Waals surface area contributed by atoms with Crippen molar-refractivity contribution in [2.75, 3.05) is 18.0 Å². The van der Waals surface area contributed by atoms with Crippen LogP contribution >= 0.6 is 11.6 Å². The first-order valence-corrected chi connectivity index (χ1v) is 15.4. The van der Waals surface area contributed by atoms with E-state index in [4.69, 9.17) is 21.1 Å². The minimum atomic E-state index is -0.316. The molecule has 0 amide bonds. The number of ether oxygens (including phenoxy) is 2. The van der Waals surface area contributed by atoms with Crippen LogP contribution in [0.4, 0.5) is 5.69 Å². The molecule has 43 heavy (non-hydrogen) atoms. The highest BCUT2D eigenvalue weighted by Crippen LogP contribution is 2.55. The van der Waals surface area contributed by atoms with Gasteiger partial charge in [0.2, 0.25) is 0 Å². The van der Waals surface area contributed by atoms with Crippen molar-refractivity contribution >= 4 is 34.4 Å². The summed E-state index contributed by atoms with van der Waals surface area (Å²) in [6, 6.07) is 5.64. The van der Waals surface area contributed by atoms with E-state index in [2.05, 4.69) is 45.6 Å². The Bertz CT molecular complexity index is 1800. The van der Waals surface area contributed by atoms with Crippen LogP contribution in [0.2, 0.25) is 5.02 Å². The van der Waals surface area contributed by atoms with Crippen molar-refractivity contribution in [3.05, 3.63) is 109 Å². The zero-order valence-corrected chi connectivity index (χ0v) is 26.6. The summed E-state index contributed by atoms with van der Waals surface area (Å²) in [5.74, 6) is 2.06. The molecule has 4 heterocycles. The second kappa shape index (κ2) is 9.33. The predicted molar refractivity (Wildman–Crippen MR) is 171 cm³/mol. The van der Waals surface area contributed by atoms with Crippen molar-refractivity contribution in [1.82, 2.24) is 0 Å². The first-order valence-electron chi connectivity index (χ1n) is 15.0. The number of allylic oxidation sites excluding steroid dienone is 8. The summed E-state index contributed by atoms with van der Waals surface area (Å²) in [6.45, 7) is 17.2. The normalized spacial score (nSPS) is 24.0. The lowest BCUT2D eigenvalue weighted by Gasteiger charge is -2.49. The molecule has 1 aliphatic carbocycles. The molecule has 0 bridgehead atoms. The van der Waals surface area contributed by atoms with Crippen LogP contribution in [0.5, 0.6) is 5.75 Å². The van der Waals surface area contributed by atoms with Crippen molar-refractivity contribution in [1.29, 1.82) is 0 Å². The van der Waals surface area contributed by atoms with Crippen molar-refractivity contribution in [2.24, 2.45) is 0 Å². The molecular weight excluding hydrogens is 558 g/mol. The molecule has 0 saturated carbocycles. The standard InChI is InChI=1S/C37H36ClNO4/c1-19-12-23(43-35-25(19)17-28-32-31(35)37(6,7)9-11-39(32)10-8-36(28,4)5)16-24-15-22(14-21(3)42-24)30-33(40)26-13-20(2)29(38)18-27(26)34(30)41/h12-18H,8-11H2,1-7H3/b23-16?,30-22-. The summed E-state index contributed by atoms with van der Waals surface area (Å²) in [6.07, 6.45) is 9.57. The smallest absolute Gasteiger partial charge is 0.198 e. The number of rotatable bonds is 1. The molecule has 0 radical (unpaired) electrons. The number of Topliss-reactive ketones (excluding diaryl/α,β-unsaturated/α-hetero) is 2. The Morgan fingerprint density at radius 1 is 0.837 bits per heavy atom. The molecule has 5 nitrogen and oxygen atoms in total. The number of fused-ring (bicyclic) bond motifs is 3. The number of carbonyl (C=O) groups is 2. The molecule has 2 aromatic carbocycles. The van der Waals surface area contributed by atoms with E-state index in [0.717, 1.165) is 48.4 Å². The van der Waals surface area contributed by atoms with Gasteiger partial charge < -0.3 is 14.4 Å². The molecule has 220 valence electrons. The van der Waals surface area contributed by atoms with Gasteiger partial charge in [-0.05, 0) is 103 Å². The Labute approximate surface area is 258 Å². The van der Waals surface area contributed by atoms with Crippen LogP contribution in [0.3, 0.4) is 0 Å². The molecule has 6 heteroatoms. The van der Waals surface area contributed by atoms with Crippen LogP contribution in [0, 0.1) is 6.92 Å². The van der Waals surface area contributed by atoms with Crippen molar-refractivity contribution in [3.63, 3.8) is 0 Å². The molecule has 0 atom stereocenters. The van der Waals surface area contributed by atoms with Gasteiger partial charge in [-0.3, -0.25) is 9.59 Å². The number of carbonyl (C=O) groups excluding carboxylic acids is 2. The van der Waals surface area contributed by atoms with Crippen molar-refractivity contribution in [3.8, 4) is 5.75 Å². The Morgan fingerprint density at radius 2 is 1.51 bits per heavy atom. The highest BCUT2D eigenvalue weighted by molar-refractivity contribution is 6.41. The predicted octanol–water partition coefficient (Wildman–Crippen LogP) is 8.69. The maximum Gasteiger partial charge on any atom is 0.198 e. The topological polar surface area (TPSA) is 55.8 Å².